The first-order valence-electron chi connectivity index (χ1n) is 6.22. The molecule has 0 aromatic heterocycles. The molecule has 2 aromatic rings. The molecule has 1 atom stereocenters. The summed E-state index contributed by atoms with van der Waals surface area (Å²) < 4.78 is 5.64. The number of hydrogen-bond donors (Lipinski definition) is 1. The van der Waals surface area contributed by atoms with Crippen molar-refractivity contribution in [1.29, 1.82) is 0 Å². The highest BCUT2D eigenvalue weighted by molar-refractivity contribution is 5.35. The van der Waals surface area contributed by atoms with Crippen molar-refractivity contribution in [1.82, 2.24) is 0 Å². The maximum Gasteiger partial charge on any atom is 0.233 e. The van der Waals surface area contributed by atoms with Crippen LogP contribution in [0.15, 0.2) is 54.6 Å². The van der Waals surface area contributed by atoms with Crippen molar-refractivity contribution in [3.8, 4) is 5.75 Å². The topological polar surface area (TPSA) is 72.6 Å². The molecule has 1 N–H and O–H groups in total. The molecule has 0 radical (unpaired) electrons. The summed E-state index contributed by atoms with van der Waals surface area (Å²) in [5.74, 6) is 0.464. The molecule has 0 aliphatic carbocycles. The second-order valence-electron chi connectivity index (χ2n) is 4.34. The van der Waals surface area contributed by atoms with Gasteiger partial charge in [-0.05, 0) is 11.6 Å². The van der Waals surface area contributed by atoms with Crippen LogP contribution < -0.4 is 4.74 Å². The number of rotatable bonds is 6. The SMILES string of the molecule is O=[N+]([O-])C[C@H](O)c1ccccc1OCc1ccccc1. The number of nitro groups is 1. The minimum absolute atomic E-state index is 0.350. The predicted molar refractivity (Wildman–Crippen MR) is 74.0 cm³/mol. The van der Waals surface area contributed by atoms with Crippen molar-refractivity contribution in [2.45, 2.75) is 12.7 Å². The minimum atomic E-state index is -1.17. The van der Waals surface area contributed by atoms with E-state index in [1.54, 1.807) is 24.3 Å². The molecule has 0 spiro atoms. The summed E-state index contributed by atoms with van der Waals surface area (Å²) in [6, 6.07) is 16.4. The first-order chi connectivity index (χ1) is 9.66. The molecular weight excluding hydrogens is 258 g/mol. The Morgan fingerprint density at radius 1 is 1.10 bits per heavy atom. The van der Waals surface area contributed by atoms with Gasteiger partial charge in [0.2, 0.25) is 6.54 Å². The molecule has 104 valence electrons. The van der Waals surface area contributed by atoms with E-state index in [1.165, 1.54) is 0 Å². The summed E-state index contributed by atoms with van der Waals surface area (Å²) >= 11 is 0. The third kappa shape index (κ3) is 3.80. The summed E-state index contributed by atoms with van der Waals surface area (Å²) in [5, 5.41) is 20.3. The highest BCUT2D eigenvalue weighted by atomic mass is 16.6. The highest BCUT2D eigenvalue weighted by Gasteiger charge is 2.18. The fourth-order valence-corrected chi connectivity index (χ4v) is 1.86. The zero-order valence-electron chi connectivity index (χ0n) is 10.8. The van der Waals surface area contributed by atoms with Gasteiger partial charge in [-0.3, -0.25) is 10.1 Å². The standard InChI is InChI=1S/C15H15NO4/c17-14(10-16(18)19)13-8-4-5-9-15(13)20-11-12-6-2-1-3-7-12/h1-9,14,17H,10-11H2/t14-/m0/s1. The largest absolute Gasteiger partial charge is 0.489 e. The van der Waals surface area contributed by atoms with Gasteiger partial charge in [0.15, 0.2) is 0 Å². The Bertz CT molecular complexity index is 571. The normalized spacial score (nSPS) is 11.8. The lowest BCUT2D eigenvalue weighted by Crippen LogP contribution is -2.13. The second-order valence-corrected chi connectivity index (χ2v) is 4.34. The summed E-state index contributed by atoms with van der Waals surface area (Å²) in [7, 11) is 0. The van der Waals surface area contributed by atoms with Crippen LogP contribution in [0.2, 0.25) is 0 Å². The van der Waals surface area contributed by atoms with Gasteiger partial charge in [-0.1, -0.05) is 48.5 Å². The number of para-hydroxylation sites is 1. The van der Waals surface area contributed by atoms with Crippen molar-refractivity contribution in [3.63, 3.8) is 0 Å². The van der Waals surface area contributed by atoms with Gasteiger partial charge in [-0.25, -0.2) is 0 Å². The van der Waals surface area contributed by atoms with Crippen LogP contribution in [0.3, 0.4) is 0 Å². The van der Waals surface area contributed by atoms with Crippen molar-refractivity contribution in [2.24, 2.45) is 0 Å². The van der Waals surface area contributed by atoms with Gasteiger partial charge >= 0.3 is 0 Å². The zero-order chi connectivity index (χ0) is 14.4. The molecule has 0 heterocycles. The maximum absolute atomic E-state index is 10.5. The van der Waals surface area contributed by atoms with Gasteiger partial charge in [-0.15, -0.1) is 0 Å². The molecule has 2 rings (SSSR count). The lowest BCUT2D eigenvalue weighted by molar-refractivity contribution is -0.491. The van der Waals surface area contributed by atoms with Crippen LogP contribution in [-0.4, -0.2) is 16.6 Å². The third-order valence-electron chi connectivity index (χ3n) is 2.84. The van der Waals surface area contributed by atoms with E-state index in [4.69, 9.17) is 4.74 Å². The van der Waals surface area contributed by atoms with Gasteiger partial charge in [0.1, 0.15) is 18.5 Å². The van der Waals surface area contributed by atoms with Gasteiger partial charge in [0, 0.05) is 10.5 Å². The molecule has 2 aromatic carbocycles. The zero-order valence-corrected chi connectivity index (χ0v) is 10.8. The van der Waals surface area contributed by atoms with E-state index >= 15 is 0 Å². The maximum atomic E-state index is 10.5. The Labute approximate surface area is 116 Å². The van der Waals surface area contributed by atoms with Crippen molar-refractivity contribution in [3.05, 3.63) is 75.8 Å². The summed E-state index contributed by atoms with van der Waals surface area (Å²) in [5.41, 5.74) is 1.42. The van der Waals surface area contributed by atoms with Gasteiger partial charge in [-0.2, -0.15) is 0 Å². The number of benzene rings is 2. The molecule has 0 amide bonds. The Kier molecular flexibility index (Phi) is 4.68. The summed E-state index contributed by atoms with van der Waals surface area (Å²) in [4.78, 5) is 9.94. The number of ether oxygens (including phenoxy) is 1. The lowest BCUT2D eigenvalue weighted by atomic mass is 10.1. The average Bonchev–Trinajstić information content (AvgIpc) is 2.46. The Balaban J connectivity index is 2.09. The Hall–Kier alpha value is -2.40. The van der Waals surface area contributed by atoms with Crippen LogP contribution in [0, 0.1) is 10.1 Å². The van der Waals surface area contributed by atoms with Gasteiger partial charge in [0.25, 0.3) is 0 Å². The summed E-state index contributed by atoms with van der Waals surface area (Å²) in [6.07, 6.45) is -1.17. The van der Waals surface area contributed by atoms with E-state index in [0.29, 0.717) is 17.9 Å². The van der Waals surface area contributed by atoms with Crippen LogP contribution in [-0.2, 0) is 6.61 Å². The monoisotopic (exact) mass is 273 g/mol. The fraction of sp³-hybridized carbons (Fsp3) is 0.200. The van der Waals surface area contributed by atoms with E-state index in [9.17, 15) is 15.2 Å². The molecule has 5 nitrogen and oxygen atoms in total. The second kappa shape index (κ2) is 6.68. The molecule has 20 heavy (non-hydrogen) atoms. The molecule has 0 bridgehead atoms. The van der Waals surface area contributed by atoms with Crippen molar-refractivity contribution >= 4 is 0 Å². The number of hydrogen-bond acceptors (Lipinski definition) is 4. The fourth-order valence-electron chi connectivity index (χ4n) is 1.86. The third-order valence-corrected chi connectivity index (χ3v) is 2.84. The van der Waals surface area contributed by atoms with E-state index in [2.05, 4.69) is 0 Å². The van der Waals surface area contributed by atoms with Crippen LogP contribution in [0.25, 0.3) is 0 Å². The van der Waals surface area contributed by atoms with Gasteiger partial charge in [0.05, 0.1) is 0 Å². The number of aliphatic hydroxyl groups is 1. The van der Waals surface area contributed by atoms with Crippen LogP contribution in [0.4, 0.5) is 0 Å². The first-order valence-corrected chi connectivity index (χ1v) is 6.22. The smallest absolute Gasteiger partial charge is 0.233 e. The van der Waals surface area contributed by atoms with E-state index < -0.39 is 17.6 Å². The predicted octanol–water partition coefficient (Wildman–Crippen LogP) is 2.58. The van der Waals surface area contributed by atoms with Gasteiger partial charge < -0.3 is 9.84 Å². The van der Waals surface area contributed by atoms with E-state index in [0.717, 1.165) is 5.56 Å². The van der Waals surface area contributed by atoms with Crippen LogP contribution in [0.1, 0.15) is 17.2 Å². The molecule has 0 saturated heterocycles. The molecule has 0 unspecified atom stereocenters. The lowest BCUT2D eigenvalue weighted by Gasteiger charge is -2.13. The average molecular weight is 273 g/mol. The van der Waals surface area contributed by atoms with Crippen LogP contribution >= 0.6 is 0 Å². The molecule has 0 fully saturated rings. The van der Waals surface area contributed by atoms with E-state index in [1.807, 2.05) is 30.3 Å². The quantitative estimate of drug-likeness (QED) is 0.648. The number of nitrogens with zero attached hydrogens (tertiary/aromatic N) is 1. The molecular formula is C15H15NO4. The van der Waals surface area contributed by atoms with Crippen molar-refractivity contribution in [2.75, 3.05) is 6.54 Å². The summed E-state index contributed by atoms with van der Waals surface area (Å²) in [6.45, 7) is -0.186. The van der Waals surface area contributed by atoms with Crippen molar-refractivity contribution < 1.29 is 14.8 Å². The van der Waals surface area contributed by atoms with Crippen LogP contribution in [0.5, 0.6) is 5.75 Å². The molecule has 5 heteroatoms. The minimum Gasteiger partial charge on any atom is -0.489 e. The number of aliphatic hydroxyl groups excluding tert-OH is 1. The molecule has 0 aliphatic rings. The molecule has 0 aliphatic heterocycles. The first kappa shape index (κ1) is 14.0. The Morgan fingerprint density at radius 3 is 2.45 bits per heavy atom. The highest BCUT2D eigenvalue weighted by Crippen LogP contribution is 2.25. The Morgan fingerprint density at radius 2 is 1.75 bits per heavy atom. The molecule has 0 saturated carbocycles. The van der Waals surface area contributed by atoms with E-state index in [-0.39, 0.29) is 0 Å².